The Kier molecular flexibility index (Phi) is 6.09. The zero-order chi connectivity index (χ0) is 18.5. The maximum absolute atomic E-state index is 5.79. The van der Waals surface area contributed by atoms with E-state index in [0.717, 1.165) is 70.3 Å². The van der Waals surface area contributed by atoms with Gasteiger partial charge < -0.3 is 19.7 Å². The Labute approximate surface area is 161 Å². The number of pyridine rings is 1. The maximum Gasteiger partial charge on any atom is 0.213 e. The van der Waals surface area contributed by atoms with Crippen LogP contribution in [0.1, 0.15) is 24.8 Å². The predicted octanol–water partition coefficient (Wildman–Crippen LogP) is 1.35. The number of rotatable bonds is 6. The molecule has 0 spiro atoms. The lowest BCUT2D eigenvalue weighted by Crippen LogP contribution is -2.46. The van der Waals surface area contributed by atoms with Gasteiger partial charge in [0.2, 0.25) is 5.88 Å². The number of aromatic nitrogens is 1. The van der Waals surface area contributed by atoms with Gasteiger partial charge in [0, 0.05) is 58.1 Å². The van der Waals surface area contributed by atoms with Crippen LogP contribution in [0.15, 0.2) is 23.3 Å². The van der Waals surface area contributed by atoms with E-state index in [1.807, 2.05) is 25.4 Å². The molecule has 148 valence electrons. The fraction of sp³-hybridized carbons (Fsp3) is 0.700. The molecule has 27 heavy (non-hydrogen) atoms. The molecule has 4 rings (SSSR count). The number of likely N-dealkylation sites (tertiary alicyclic amines) is 1. The highest BCUT2D eigenvalue weighted by molar-refractivity contribution is 5.80. The van der Waals surface area contributed by atoms with Crippen LogP contribution in [-0.4, -0.2) is 79.8 Å². The van der Waals surface area contributed by atoms with E-state index >= 15 is 0 Å². The van der Waals surface area contributed by atoms with Crippen LogP contribution in [0.3, 0.4) is 0 Å². The first-order valence-corrected chi connectivity index (χ1v) is 10.2. The maximum atomic E-state index is 5.79. The number of guanidine groups is 1. The molecule has 0 radical (unpaired) electrons. The Morgan fingerprint density at radius 2 is 2.15 bits per heavy atom. The predicted molar refractivity (Wildman–Crippen MR) is 105 cm³/mol. The van der Waals surface area contributed by atoms with E-state index in [1.54, 1.807) is 0 Å². The summed E-state index contributed by atoms with van der Waals surface area (Å²) in [5.41, 5.74) is 1.17. The van der Waals surface area contributed by atoms with Crippen LogP contribution in [0, 0.1) is 5.92 Å². The molecule has 0 aromatic carbocycles. The molecule has 3 fully saturated rings. The fourth-order valence-corrected chi connectivity index (χ4v) is 3.82. The molecule has 2 saturated heterocycles. The van der Waals surface area contributed by atoms with Crippen LogP contribution in [0.4, 0.5) is 0 Å². The third kappa shape index (κ3) is 5.11. The van der Waals surface area contributed by atoms with Gasteiger partial charge in [0.25, 0.3) is 0 Å². The van der Waals surface area contributed by atoms with Crippen LogP contribution in [0.5, 0.6) is 5.88 Å². The fourth-order valence-electron chi connectivity index (χ4n) is 3.82. The lowest BCUT2D eigenvalue weighted by molar-refractivity contribution is 0.0195. The van der Waals surface area contributed by atoms with Crippen molar-refractivity contribution in [3.8, 4) is 5.88 Å². The molecule has 7 nitrogen and oxygen atoms in total. The van der Waals surface area contributed by atoms with Gasteiger partial charge in [-0.05, 0) is 36.8 Å². The molecule has 0 bridgehead atoms. The van der Waals surface area contributed by atoms with Gasteiger partial charge in [-0.15, -0.1) is 0 Å². The van der Waals surface area contributed by atoms with Crippen molar-refractivity contribution in [3.05, 3.63) is 23.9 Å². The SMILES string of the molecule is CN=C(NCc1ccnc(OCC2CC2)c1)N1CCC(N2CCOCC2)C1. The molecule has 2 aliphatic heterocycles. The number of morpholine rings is 1. The normalized spacial score (nSPS) is 24.3. The summed E-state index contributed by atoms with van der Waals surface area (Å²) >= 11 is 0. The van der Waals surface area contributed by atoms with E-state index in [4.69, 9.17) is 9.47 Å². The summed E-state index contributed by atoms with van der Waals surface area (Å²) in [6.45, 7) is 7.42. The summed E-state index contributed by atoms with van der Waals surface area (Å²) in [6, 6.07) is 4.67. The monoisotopic (exact) mass is 373 g/mol. The van der Waals surface area contributed by atoms with Gasteiger partial charge in [-0.2, -0.15) is 0 Å². The molecule has 1 aliphatic carbocycles. The Morgan fingerprint density at radius 1 is 1.30 bits per heavy atom. The zero-order valence-electron chi connectivity index (χ0n) is 16.3. The highest BCUT2D eigenvalue weighted by Gasteiger charge is 2.30. The Morgan fingerprint density at radius 3 is 2.93 bits per heavy atom. The van der Waals surface area contributed by atoms with Gasteiger partial charge in [-0.25, -0.2) is 4.98 Å². The number of nitrogens with zero attached hydrogens (tertiary/aromatic N) is 4. The van der Waals surface area contributed by atoms with Crippen molar-refractivity contribution >= 4 is 5.96 Å². The third-order valence-corrected chi connectivity index (χ3v) is 5.65. The second kappa shape index (κ2) is 8.89. The van der Waals surface area contributed by atoms with E-state index in [1.165, 1.54) is 24.8 Å². The topological polar surface area (TPSA) is 62.2 Å². The summed E-state index contributed by atoms with van der Waals surface area (Å²) in [6.07, 6.45) is 5.60. The molecule has 0 amide bonds. The van der Waals surface area contributed by atoms with Crippen molar-refractivity contribution < 1.29 is 9.47 Å². The van der Waals surface area contributed by atoms with Crippen molar-refractivity contribution in [2.75, 3.05) is 53.0 Å². The molecule has 1 aromatic heterocycles. The summed E-state index contributed by atoms with van der Waals surface area (Å²) < 4.78 is 11.3. The minimum Gasteiger partial charge on any atom is -0.477 e. The second-order valence-electron chi connectivity index (χ2n) is 7.69. The molecular weight excluding hydrogens is 342 g/mol. The van der Waals surface area contributed by atoms with E-state index in [2.05, 4.69) is 25.1 Å². The van der Waals surface area contributed by atoms with Gasteiger partial charge in [0.15, 0.2) is 5.96 Å². The van der Waals surface area contributed by atoms with E-state index < -0.39 is 0 Å². The highest BCUT2D eigenvalue weighted by Crippen LogP contribution is 2.29. The molecule has 1 N–H and O–H groups in total. The van der Waals surface area contributed by atoms with Gasteiger partial charge in [-0.3, -0.25) is 9.89 Å². The van der Waals surface area contributed by atoms with E-state index in [0.29, 0.717) is 6.04 Å². The van der Waals surface area contributed by atoms with Crippen LogP contribution in [-0.2, 0) is 11.3 Å². The van der Waals surface area contributed by atoms with Crippen LogP contribution in [0.25, 0.3) is 0 Å². The van der Waals surface area contributed by atoms with Crippen LogP contribution in [0.2, 0.25) is 0 Å². The Hall–Kier alpha value is -1.86. The molecule has 1 atom stereocenters. The summed E-state index contributed by atoms with van der Waals surface area (Å²) in [5.74, 6) is 2.44. The number of aliphatic imine (C=N–C) groups is 1. The lowest BCUT2D eigenvalue weighted by Gasteiger charge is -2.32. The van der Waals surface area contributed by atoms with Crippen molar-refractivity contribution in [1.82, 2.24) is 20.1 Å². The van der Waals surface area contributed by atoms with Crippen molar-refractivity contribution in [1.29, 1.82) is 0 Å². The van der Waals surface area contributed by atoms with Gasteiger partial charge in [0.1, 0.15) is 0 Å². The molecule has 1 unspecified atom stereocenters. The zero-order valence-corrected chi connectivity index (χ0v) is 16.3. The molecule has 3 heterocycles. The smallest absolute Gasteiger partial charge is 0.213 e. The van der Waals surface area contributed by atoms with Gasteiger partial charge in [0.05, 0.1) is 19.8 Å². The quantitative estimate of drug-likeness (QED) is 0.600. The first kappa shape index (κ1) is 18.5. The van der Waals surface area contributed by atoms with Crippen LogP contribution < -0.4 is 10.1 Å². The van der Waals surface area contributed by atoms with Crippen molar-refractivity contribution in [3.63, 3.8) is 0 Å². The molecule has 7 heteroatoms. The van der Waals surface area contributed by atoms with Gasteiger partial charge >= 0.3 is 0 Å². The molecule has 1 saturated carbocycles. The minimum absolute atomic E-state index is 0.607. The second-order valence-corrected chi connectivity index (χ2v) is 7.69. The average Bonchev–Trinajstić information content (AvgIpc) is 3.43. The van der Waals surface area contributed by atoms with Crippen LogP contribution >= 0.6 is 0 Å². The van der Waals surface area contributed by atoms with E-state index in [9.17, 15) is 0 Å². The summed E-state index contributed by atoms with van der Waals surface area (Å²) in [5, 5.41) is 3.50. The number of ether oxygens (including phenoxy) is 2. The minimum atomic E-state index is 0.607. The number of hydrogen-bond donors (Lipinski definition) is 1. The van der Waals surface area contributed by atoms with Gasteiger partial charge in [-0.1, -0.05) is 0 Å². The van der Waals surface area contributed by atoms with Crippen molar-refractivity contribution in [2.24, 2.45) is 10.9 Å². The summed E-state index contributed by atoms with van der Waals surface area (Å²) in [7, 11) is 1.86. The van der Waals surface area contributed by atoms with Crippen molar-refractivity contribution in [2.45, 2.75) is 31.8 Å². The standard InChI is InChI=1S/C20H31N5O2/c1-21-20(25-7-5-18(14-25)24-8-10-26-11-9-24)23-13-17-4-6-22-19(12-17)27-15-16-2-3-16/h4,6,12,16,18H,2-3,5,7-11,13-15H2,1H3,(H,21,23). The average molecular weight is 374 g/mol. The first-order valence-electron chi connectivity index (χ1n) is 10.2. The first-order chi connectivity index (χ1) is 13.3. The number of hydrogen-bond acceptors (Lipinski definition) is 5. The third-order valence-electron chi connectivity index (χ3n) is 5.65. The summed E-state index contributed by atoms with van der Waals surface area (Å²) in [4.78, 5) is 13.7. The largest absolute Gasteiger partial charge is 0.477 e. The molecular formula is C20H31N5O2. The number of nitrogens with one attached hydrogen (secondary N) is 1. The Bertz CT molecular complexity index is 643. The van der Waals surface area contributed by atoms with E-state index in [-0.39, 0.29) is 0 Å². The highest BCUT2D eigenvalue weighted by atomic mass is 16.5. The lowest BCUT2D eigenvalue weighted by atomic mass is 10.2. The molecule has 3 aliphatic rings. The Balaban J connectivity index is 1.27. The molecule has 1 aromatic rings.